The quantitative estimate of drug-likeness (QED) is 0.470. The average Bonchev–Trinajstić information content (AvgIpc) is 3.01. The van der Waals surface area contributed by atoms with Gasteiger partial charge in [0.1, 0.15) is 16.0 Å². The SMILES string of the molecule is CCCCCCN1C=C(C=C2C=CC=CC2S(=O)(=O)O)S(=O)C1=Nc1ccccc1. The minimum absolute atomic E-state index is 0.367. The van der Waals surface area contributed by atoms with Gasteiger partial charge < -0.3 is 4.90 Å². The maximum absolute atomic E-state index is 13.2. The molecule has 1 aliphatic heterocycles. The molecule has 1 N–H and O–H groups in total. The summed E-state index contributed by atoms with van der Waals surface area (Å²) in [5, 5.41) is -0.739. The van der Waals surface area contributed by atoms with E-state index in [-0.39, 0.29) is 0 Å². The van der Waals surface area contributed by atoms with Gasteiger partial charge in [-0.15, -0.1) is 0 Å². The summed E-state index contributed by atoms with van der Waals surface area (Å²) < 4.78 is 46.2. The molecule has 3 rings (SSSR count). The summed E-state index contributed by atoms with van der Waals surface area (Å²) in [6.07, 6.45) is 13.9. The zero-order chi connectivity index (χ0) is 21.6. The lowest BCUT2D eigenvalue weighted by atomic mass is 10.1. The van der Waals surface area contributed by atoms with Crippen LogP contribution in [0.5, 0.6) is 0 Å². The molecule has 0 spiro atoms. The fourth-order valence-electron chi connectivity index (χ4n) is 3.25. The van der Waals surface area contributed by atoms with E-state index in [1.807, 2.05) is 35.2 Å². The minimum atomic E-state index is -4.31. The molecule has 2 aliphatic rings. The molecule has 1 aromatic rings. The fourth-order valence-corrected chi connectivity index (χ4v) is 5.25. The first-order chi connectivity index (χ1) is 14.4. The number of allylic oxidation sites excluding steroid dienone is 4. The molecule has 1 aliphatic carbocycles. The van der Waals surface area contributed by atoms with Crippen molar-refractivity contribution in [2.75, 3.05) is 6.54 Å². The van der Waals surface area contributed by atoms with Crippen molar-refractivity contribution in [3.63, 3.8) is 0 Å². The molecule has 30 heavy (non-hydrogen) atoms. The Balaban J connectivity index is 1.92. The van der Waals surface area contributed by atoms with Crippen molar-refractivity contribution in [1.82, 2.24) is 4.90 Å². The molecular formula is C22H26N2O4S2. The second kappa shape index (κ2) is 10.1. The van der Waals surface area contributed by atoms with Crippen LogP contribution in [0, 0.1) is 0 Å². The molecule has 0 aromatic heterocycles. The Bertz CT molecular complexity index is 1040. The number of benzene rings is 1. The van der Waals surface area contributed by atoms with Gasteiger partial charge in [0.05, 0.1) is 10.6 Å². The van der Waals surface area contributed by atoms with E-state index in [0.717, 1.165) is 25.7 Å². The van der Waals surface area contributed by atoms with Crippen LogP contribution >= 0.6 is 0 Å². The van der Waals surface area contributed by atoms with E-state index in [0.29, 0.717) is 27.9 Å². The van der Waals surface area contributed by atoms with E-state index in [2.05, 4.69) is 11.9 Å². The number of para-hydroxylation sites is 1. The van der Waals surface area contributed by atoms with Crippen molar-refractivity contribution in [1.29, 1.82) is 0 Å². The van der Waals surface area contributed by atoms with Crippen LogP contribution in [0.4, 0.5) is 5.69 Å². The van der Waals surface area contributed by atoms with Crippen LogP contribution in [-0.4, -0.2) is 39.0 Å². The second-order valence-electron chi connectivity index (χ2n) is 7.11. The lowest BCUT2D eigenvalue weighted by Gasteiger charge is -2.15. The second-order valence-corrected chi connectivity index (χ2v) is 10.0. The lowest BCUT2D eigenvalue weighted by molar-refractivity contribution is 0.479. The lowest BCUT2D eigenvalue weighted by Crippen LogP contribution is -2.25. The summed E-state index contributed by atoms with van der Waals surface area (Å²) in [6, 6.07) is 9.33. The molecule has 2 atom stereocenters. The minimum Gasteiger partial charge on any atom is -0.324 e. The highest BCUT2D eigenvalue weighted by Crippen LogP contribution is 2.27. The van der Waals surface area contributed by atoms with Crippen LogP contribution in [0.2, 0.25) is 0 Å². The summed E-state index contributed by atoms with van der Waals surface area (Å²) >= 11 is 0. The van der Waals surface area contributed by atoms with Gasteiger partial charge in [-0.3, -0.25) is 4.55 Å². The molecule has 0 radical (unpaired) electrons. The van der Waals surface area contributed by atoms with Gasteiger partial charge in [0.2, 0.25) is 5.17 Å². The molecule has 1 aromatic carbocycles. The van der Waals surface area contributed by atoms with Crippen molar-refractivity contribution in [3.05, 3.63) is 77.4 Å². The number of aliphatic imine (C=N–C) groups is 1. The Hall–Kier alpha value is -2.29. The maximum Gasteiger partial charge on any atom is 0.275 e. The summed E-state index contributed by atoms with van der Waals surface area (Å²) in [7, 11) is -5.86. The van der Waals surface area contributed by atoms with Gasteiger partial charge in [-0.2, -0.15) is 8.42 Å². The fraction of sp³-hybridized carbons (Fsp3) is 0.318. The highest BCUT2D eigenvalue weighted by atomic mass is 32.2. The molecule has 0 saturated carbocycles. The van der Waals surface area contributed by atoms with E-state index in [1.165, 1.54) is 6.08 Å². The summed E-state index contributed by atoms with van der Waals surface area (Å²) in [5.74, 6) is 0. The van der Waals surface area contributed by atoms with E-state index in [9.17, 15) is 17.2 Å². The van der Waals surface area contributed by atoms with Crippen LogP contribution < -0.4 is 0 Å². The standard InChI is InChI=1S/C22H26N2O4S2/c1-2-3-4-10-15-24-17-20(16-18-11-8-9-14-21(18)30(26,27)28)29(25)22(24)23-19-12-6-5-7-13-19/h5-9,11-14,16-17,21H,2-4,10,15H2,1H3,(H,26,27,28). The molecular weight excluding hydrogens is 420 g/mol. The zero-order valence-corrected chi connectivity index (χ0v) is 18.5. The van der Waals surface area contributed by atoms with E-state index < -0.39 is 26.2 Å². The predicted molar refractivity (Wildman–Crippen MR) is 122 cm³/mol. The van der Waals surface area contributed by atoms with E-state index in [4.69, 9.17) is 0 Å². The zero-order valence-electron chi connectivity index (χ0n) is 16.8. The molecule has 1 heterocycles. The van der Waals surface area contributed by atoms with Crippen LogP contribution in [-0.2, 0) is 20.9 Å². The molecule has 0 saturated heterocycles. The van der Waals surface area contributed by atoms with Crippen LogP contribution in [0.15, 0.2) is 82.4 Å². The highest BCUT2D eigenvalue weighted by molar-refractivity contribution is 8.04. The first-order valence-corrected chi connectivity index (χ1v) is 12.6. The number of amidine groups is 1. The Morgan fingerprint density at radius 2 is 1.93 bits per heavy atom. The summed E-state index contributed by atoms with van der Waals surface area (Å²) in [4.78, 5) is 6.94. The summed E-state index contributed by atoms with van der Waals surface area (Å²) in [6.45, 7) is 2.83. The van der Waals surface area contributed by atoms with Crippen molar-refractivity contribution in [3.8, 4) is 0 Å². The molecule has 0 amide bonds. The van der Waals surface area contributed by atoms with Gasteiger partial charge in [-0.05, 0) is 30.2 Å². The van der Waals surface area contributed by atoms with Crippen LogP contribution in [0.25, 0.3) is 0 Å². The number of hydrogen-bond donors (Lipinski definition) is 1. The Kier molecular flexibility index (Phi) is 7.58. The molecule has 2 unspecified atom stereocenters. The van der Waals surface area contributed by atoms with Gasteiger partial charge in [0.15, 0.2) is 0 Å². The molecule has 8 heteroatoms. The van der Waals surface area contributed by atoms with E-state index >= 15 is 0 Å². The van der Waals surface area contributed by atoms with Crippen LogP contribution in [0.1, 0.15) is 32.6 Å². The predicted octanol–water partition coefficient (Wildman–Crippen LogP) is 4.47. The number of nitrogens with zero attached hydrogens (tertiary/aromatic N) is 2. The largest absolute Gasteiger partial charge is 0.324 e. The van der Waals surface area contributed by atoms with E-state index in [1.54, 1.807) is 30.5 Å². The Morgan fingerprint density at radius 3 is 2.63 bits per heavy atom. The number of hydrogen-bond acceptors (Lipinski definition) is 4. The monoisotopic (exact) mass is 446 g/mol. The number of rotatable bonds is 8. The van der Waals surface area contributed by atoms with Gasteiger partial charge in [-0.1, -0.05) is 68.7 Å². The topological polar surface area (TPSA) is 87.0 Å². The first kappa shape index (κ1) is 22.4. The normalized spacial score (nSPS) is 24.1. The van der Waals surface area contributed by atoms with Crippen molar-refractivity contribution >= 4 is 31.8 Å². The van der Waals surface area contributed by atoms with Crippen LogP contribution in [0.3, 0.4) is 0 Å². The third-order valence-electron chi connectivity index (χ3n) is 4.79. The third-order valence-corrected chi connectivity index (χ3v) is 7.17. The molecule has 6 nitrogen and oxygen atoms in total. The van der Waals surface area contributed by atoms with Crippen molar-refractivity contribution < 1.29 is 17.2 Å². The maximum atomic E-state index is 13.2. The number of unbranched alkanes of at least 4 members (excludes halogenated alkanes) is 3. The average molecular weight is 447 g/mol. The van der Waals surface area contributed by atoms with Gasteiger partial charge in [0, 0.05) is 12.7 Å². The van der Waals surface area contributed by atoms with Crippen molar-refractivity contribution in [2.45, 2.75) is 37.9 Å². The summed E-state index contributed by atoms with van der Waals surface area (Å²) in [5.41, 5.74) is 1.07. The molecule has 160 valence electrons. The van der Waals surface area contributed by atoms with Crippen molar-refractivity contribution in [2.24, 2.45) is 4.99 Å². The third kappa shape index (κ3) is 5.65. The molecule has 0 bridgehead atoms. The molecule has 0 fully saturated rings. The van der Waals surface area contributed by atoms with Gasteiger partial charge >= 0.3 is 0 Å². The van der Waals surface area contributed by atoms with Gasteiger partial charge in [0.25, 0.3) is 10.1 Å². The van der Waals surface area contributed by atoms with Gasteiger partial charge in [-0.25, -0.2) is 9.20 Å². The first-order valence-electron chi connectivity index (χ1n) is 9.97. The Morgan fingerprint density at radius 1 is 1.17 bits per heavy atom. The smallest absolute Gasteiger partial charge is 0.275 e. The Labute approximate surface area is 180 Å². The highest BCUT2D eigenvalue weighted by Gasteiger charge is 2.30.